The largest absolute Gasteiger partial charge is 0.398 e. The maximum atomic E-state index is 12.4. The molecular formula is C18H14N2O. The van der Waals surface area contributed by atoms with Gasteiger partial charge in [0, 0.05) is 23.2 Å². The highest BCUT2D eigenvalue weighted by Crippen LogP contribution is 2.38. The first-order valence-electron chi connectivity index (χ1n) is 6.96. The summed E-state index contributed by atoms with van der Waals surface area (Å²) in [5.41, 5.74) is 9.09. The van der Waals surface area contributed by atoms with Gasteiger partial charge in [-0.1, -0.05) is 24.3 Å². The van der Waals surface area contributed by atoms with Crippen LogP contribution in [0.25, 0.3) is 21.5 Å². The highest BCUT2D eigenvalue weighted by molar-refractivity contribution is 6.23. The van der Waals surface area contributed by atoms with Gasteiger partial charge in [0.2, 0.25) is 0 Å². The lowest BCUT2D eigenvalue weighted by Gasteiger charge is -2.17. The fraction of sp³-hybridized carbons (Fsp3) is 0.111. The summed E-state index contributed by atoms with van der Waals surface area (Å²) in [6.45, 7) is 1.88. The van der Waals surface area contributed by atoms with Gasteiger partial charge in [0.1, 0.15) is 0 Å². The summed E-state index contributed by atoms with van der Waals surface area (Å²) < 4.78 is 0. The van der Waals surface area contributed by atoms with Gasteiger partial charge in [-0.3, -0.25) is 9.79 Å². The van der Waals surface area contributed by atoms with Crippen molar-refractivity contribution in [2.45, 2.75) is 13.3 Å². The Morgan fingerprint density at radius 3 is 2.43 bits per heavy atom. The molecule has 1 aliphatic rings. The SMILES string of the molecule is CC1=Nc2cc(N)c3cc4ccccc4cc3c2C(=O)C1. The van der Waals surface area contributed by atoms with Gasteiger partial charge in [-0.05, 0) is 41.3 Å². The first kappa shape index (κ1) is 12.1. The van der Waals surface area contributed by atoms with Crippen LogP contribution in [-0.2, 0) is 0 Å². The Hall–Kier alpha value is -2.68. The normalized spacial score (nSPS) is 14.3. The van der Waals surface area contributed by atoms with E-state index in [2.05, 4.69) is 17.1 Å². The Balaban J connectivity index is 2.20. The summed E-state index contributed by atoms with van der Waals surface area (Å²) >= 11 is 0. The van der Waals surface area contributed by atoms with Crippen LogP contribution in [0.5, 0.6) is 0 Å². The minimum absolute atomic E-state index is 0.123. The van der Waals surface area contributed by atoms with Crippen molar-refractivity contribution in [3.63, 3.8) is 0 Å². The van der Waals surface area contributed by atoms with E-state index in [0.717, 1.165) is 27.3 Å². The van der Waals surface area contributed by atoms with Crippen molar-refractivity contribution >= 4 is 44.4 Å². The average molecular weight is 274 g/mol. The van der Waals surface area contributed by atoms with Crippen LogP contribution in [-0.4, -0.2) is 11.5 Å². The summed E-state index contributed by atoms with van der Waals surface area (Å²) in [7, 11) is 0. The number of ketones is 1. The first-order valence-corrected chi connectivity index (χ1v) is 6.96. The predicted octanol–water partition coefficient (Wildman–Crippen LogP) is 4.25. The fourth-order valence-electron chi connectivity index (χ4n) is 3.07. The number of aliphatic imine (C=N–C) groups is 1. The molecule has 0 spiro atoms. The second-order valence-corrected chi connectivity index (χ2v) is 5.55. The number of carbonyl (C=O) groups excluding carboxylic acids is 1. The van der Waals surface area contributed by atoms with E-state index in [1.165, 1.54) is 0 Å². The summed E-state index contributed by atoms with van der Waals surface area (Å²) in [5.74, 6) is 0.123. The monoisotopic (exact) mass is 274 g/mol. The van der Waals surface area contributed by atoms with Crippen LogP contribution in [0.1, 0.15) is 23.7 Å². The van der Waals surface area contributed by atoms with Crippen LogP contribution in [0.4, 0.5) is 11.4 Å². The van der Waals surface area contributed by atoms with Crippen molar-refractivity contribution in [2.75, 3.05) is 5.73 Å². The maximum Gasteiger partial charge on any atom is 0.171 e. The van der Waals surface area contributed by atoms with Gasteiger partial charge in [-0.2, -0.15) is 0 Å². The molecule has 0 fully saturated rings. The zero-order chi connectivity index (χ0) is 14.6. The van der Waals surface area contributed by atoms with Crippen LogP contribution < -0.4 is 5.73 Å². The van der Waals surface area contributed by atoms with E-state index in [-0.39, 0.29) is 5.78 Å². The molecule has 0 amide bonds. The molecule has 21 heavy (non-hydrogen) atoms. The van der Waals surface area contributed by atoms with Crippen LogP contribution in [0, 0.1) is 0 Å². The number of rotatable bonds is 0. The lowest BCUT2D eigenvalue weighted by atomic mass is 9.92. The van der Waals surface area contributed by atoms with Gasteiger partial charge in [0.05, 0.1) is 11.3 Å². The molecule has 1 aliphatic heterocycles. The lowest BCUT2D eigenvalue weighted by molar-refractivity contribution is 0.100. The Labute approximate surface area is 122 Å². The van der Waals surface area contributed by atoms with Crippen molar-refractivity contribution in [1.82, 2.24) is 0 Å². The second-order valence-electron chi connectivity index (χ2n) is 5.55. The highest BCUT2D eigenvalue weighted by Gasteiger charge is 2.22. The molecule has 0 bridgehead atoms. The van der Waals surface area contributed by atoms with Gasteiger partial charge >= 0.3 is 0 Å². The van der Waals surface area contributed by atoms with E-state index < -0.39 is 0 Å². The Morgan fingerprint density at radius 1 is 1.05 bits per heavy atom. The van der Waals surface area contributed by atoms with E-state index in [1.807, 2.05) is 37.3 Å². The molecule has 3 heteroatoms. The van der Waals surface area contributed by atoms with E-state index in [1.54, 1.807) is 0 Å². The van der Waals surface area contributed by atoms with Gasteiger partial charge < -0.3 is 5.73 Å². The molecule has 1 heterocycles. The number of nitrogens with two attached hydrogens (primary N) is 1. The molecule has 3 nitrogen and oxygen atoms in total. The molecule has 102 valence electrons. The molecular weight excluding hydrogens is 260 g/mol. The van der Waals surface area contributed by atoms with Crippen LogP contribution in [0.3, 0.4) is 0 Å². The quantitative estimate of drug-likeness (QED) is 0.492. The minimum Gasteiger partial charge on any atom is -0.398 e. The van der Waals surface area contributed by atoms with Crippen molar-refractivity contribution < 1.29 is 4.79 Å². The summed E-state index contributed by atoms with van der Waals surface area (Å²) in [4.78, 5) is 16.9. The topological polar surface area (TPSA) is 55.4 Å². The first-order chi connectivity index (χ1) is 10.1. The Morgan fingerprint density at radius 2 is 1.71 bits per heavy atom. The number of anilines is 1. The molecule has 0 aromatic heterocycles. The third kappa shape index (κ3) is 1.74. The van der Waals surface area contributed by atoms with Gasteiger partial charge in [-0.15, -0.1) is 0 Å². The molecule has 3 aromatic rings. The highest BCUT2D eigenvalue weighted by atomic mass is 16.1. The van der Waals surface area contributed by atoms with E-state index >= 15 is 0 Å². The number of hydrogen-bond acceptors (Lipinski definition) is 3. The third-order valence-electron chi connectivity index (χ3n) is 4.02. The Kier molecular flexibility index (Phi) is 2.39. The molecule has 0 saturated carbocycles. The van der Waals surface area contributed by atoms with Crippen LogP contribution >= 0.6 is 0 Å². The number of fused-ring (bicyclic) bond motifs is 4. The molecule has 2 N–H and O–H groups in total. The molecule has 3 aromatic carbocycles. The van der Waals surface area contributed by atoms with E-state index in [9.17, 15) is 4.79 Å². The van der Waals surface area contributed by atoms with E-state index in [0.29, 0.717) is 23.4 Å². The molecule has 0 unspecified atom stereocenters. The van der Waals surface area contributed by atoms with Crippen LogP contribution in [0.15, 0.2) is 47.5 Å². The van der Waals surface area contributed by atoms with E-state index in [4.69, 9.17) is 5.73 Å². The fourth-order valence-corrected chi connectivity index (χ4v) is 3.07. The van der Waals surface area contributed by atoms with Crippen molar-refractivity contribution in [3.8, 4) is 0 Å². The zero-order valence-electron chi connectivity index (χ0n) is 11.7. The van der Waals surface area contributed by atoms with Crippen molar-refractivity contribution in [1.29, 1.82) is 0 Å². The molecule has 4 rings (SSSR count). The Bertz CT molecular complexity index is 954. The third-order valence-corrected chi connectivity index (χ3v) is 4.02. The molecule has 0 atom stereocenters. The molecule has 0 aliphatic carbocycles. The zero-order valence-corrected chi connectivity index (χ0v) is 11.7. The number of Topliss-reactive ketones (excluding diaryl/α,β-unsaturated/α-hetero) is 1. The van der Waals surface area contributed by atoms with Crippen molar-refractivity contribution in [3.05, 3.63) is 48.0 Å². The number of hydrogen-bond donors (Lipinski definition) is 1. The molecule has 0 radical (unpaired) electrons. The second kappa shape index (κ2) is 4.16. The average Bonchev–Trinajstić information content (AvgIpc) is 2.45. The minimum atomic E-state index is 0.123. The van der Waals surface area contributed by atoms with Crippen LogP contribution in [0.2, 0.25) is 0 Å². The lowest BCUT2D eigenvalue weighted by Crippen LogP contribution is -2.11. The summed E-state index contributed by atoms with van der Waals surface area (Å²) in [6.07, 6.45) is 0.388. The smallest absolute Gasteiger partial charge is 0.171 e. The van der Waals surface area contributed by atoms with Gasteiger partial charge in [-0.25, -0.2) is 0 Å². The molecule has 0 saturated heterocycles. The number of nitrogen functional groups attached to an aromatic ring is 1. The predicted molar refractivity (Wildman–Crippen MR) is 87.6 cm³/mol. The van der Waals surface area contributed by atoms with Gasteiger partial charge in [0.25, 0.3) is 0 Å². The standard InChI is InChI=1S/C18H14N2O/c1-10-6-17(21)18-14-8-12-5-3-2-4-11(12)7-13(14)15(19)9-16(18)20-10/h2-5,7-9H,6,19H2,1H3. The summed E-state index contributed by atoms with van der Waals surface area (Å²) in [6, 6.07) is 14.0. The summed E-state index contributed by atoms with van der Waals surface area (Å²) in [5, 5.41) is 4.07. The maximum absolute atomic E-state index is 12.4. The number of nitrogens with zero attached hydrogens (tertiary/aromatic N) is 1. The number of benzene rings is 3. The number of carbonyl (C=O) groups is 1. The van der Waals surface area contributed by atoms with Crippen molar-refractivity contribution in [2.24, 2.45) is 4.99 Å². The van der Waals surface area contributed by atoms with Gasteiger partial charge in [0.15, 0.2) is 5.78 Å².